The molecular weight excluding hydrogens is 564 g/mol. The van der Waals surface area contributed by atoms with Crippen LogP contribution in [0, 0.1) is 17.3 Å². The van der Waals surface area contributed by atoms with E-state index in [4.69, 9.17) is 40.0 Å². The van der Waals surface area contributed by atoms with Crippen LogP contribution in [-0.4, -0.2) is 83.2 Å². The highest BCUT2D eigenvalue weighted by atomic mass is 35.5. The summed E-state index contributed by atoms with van der Waals surface area (Å²) in [7, 11) is 0. The maximum absolute atomic E-state index is 13.5. The number of alkyl halides is 1. The number of carbonyl (C=O) groups excluding carboxylic acids is 6. The van der Waals surface area contributed by atoms with Gasteiger partial charge in [-0.15, -0.1) is 11.6 Å². The first-order valence-corrected chi connectivity index (χ1v) is 13.6. The lowest BCUT2D eigenvalue weighted by Crippen LogP contribution is -2.77. The molecule has 12 nitrogen and oxygen atoms in total. The molecule has 0 radical (unpaired) electrons. The number of fused-ring (bicyclic) bond motifs is 3. The fourth-order valence-electron chi connectivity index (χ4n) is 6.84. The van der Waals surface area contributed by atoms with Crippen LogP contribution in [-0.2, 0) is 57.2 Å². The normalized spacial score (nSPS) is 41.1. The van der Waals surface area contributed by atoms with E-state index in [1.807, 2.05) is 0 Å². The largest absolute Gasteiger partial charge is 0.459 e. The molecular formula is C28H33ClO12. The number of rotatable bonds is 5. The highest BCUT2D eigenvalue weighted by Gasteiger charge is 2.77. The lowest BCUT2D eigenvalue weighted by atomic mass is 9.52. The average molecular weight is 597 g/mol. The van der Waals surface area contributed by atoms with Crippen LogP contribution >= 0.6 is 11.6 Å². The zero-order valence-corrected chi connectivity index (χ0v) is 24.4. The van der Waals surface area contributed by atoms with Gasteiger partial charge in [-0.25, -0.2) is 4.79 Å². The van der Waals surface area contributed by atoms with Crippen molar-refractivity contribution in [3.8, 4) is 0 Å². The summed E-state index contributed by atoms with van der Waals surface area (Å²) in [5.74, 6) is -6.90. The number of esters is 5. The predicted octanol–water partition coefficient (Wildman–Crippen LogP) is 1.74. The Hall–Kier alpha value is -3.25. The maximum Gasteiger partial charge on any atom is 0.344 e. The minimum atomic E-state index is -1.95. The van der Waals surface area contributed by atoms with Crippen LogP contribution < -0.4 is 0 Å². The lowest BCUT2D eigenvalue weighted by molar-refractivity contribution is -0.320. The van der Waals surface area contributed by atoms with Crippen LogP contribution in [0.15, 0.2) is 24.3 Å². The van der Waals surface area contributed by atoms with Gasteiger partial charge in [-0.05, 0) is 19.9 Å². The standard InChI is InChI=1S/C28H33ClO12/c1-12-10-17(37-15(4)31)22-26(6)9-8-18(33)27(7,40-16(5)32)21(26)24(38-19(34)11-36-14(3)30)28(41-22)13(2)25(35)39-23(28)20(12)29/h8-9,13,17,20-24H,1,10-11H2,2-7H3/t13-,17+,20-,21+,22-,23-,24-,26-,27+,28+/m0/s1. The second-order valence-corrected chi connectivity index (χ2v) is 11.8. The Morgan fingerprint density at radius 3 is 2.29 bits per heavy atom. The molecule has 13 heteroatoms. The molecule has 3 saturated heterocycles. The summed E-state index contributed by atoms with van der Waals surface area (Å²) < 4.78 is 34.7. The molecule has 3 fully saturated rings. The number of carbonyl (C=O) groups is 6. The highest BCUT2D eigenvalue weighted by molar-refractivity contribution is 6.23. The van der Waals surface area contributed by atoms with Crippen molar-refractivity contribution in [2.75, 3.05) is 6.61 Å². The molecule has 1 aliphatic carbocycles. The summed E-state index contributed by atoms with van der Waals surface area (Å²) in [5, 5.41) is -1.10. The van der Waals surface area contributed by atoms with Gasteiger partial charge in [0.15, 0.2) is 29.7 Å². The summed E-state index contributed by atoms with van der Waals surface area (Å²) in [6.07, 6.45) is -2.13. The topological polar surface area (TPSA) is 158 Å². The van der Waals surface area contributed by atoms with E-state index in [9.17, 15) is 28.8 Å². The third-order valence-corrected chi connectivity index (χ3v) is 9.08. The fourth-order valence-corrected chi connectivity index (χ4v) is 7.18. The first kappa shape index (κ1) is 30.7. The van der Waals surface area contributed by atoms with E-state index in [0.717, 1.165) is 13.8 Å². The van der Waals surface area contributed by atoms with Gasteiger partial charge in [0.1, 0.15) is 18.3 Å². The van der Waals surface area contributed by atoms with Gasteiger partial charge in [-0.2, -0.15) is 0 Å². The third-order valence-electron chi connectivity index (χ3n) is 8.54. The molecule has 224 valence electrons. The summed E-state index contributed by atoms with van der Waals surface area (Å²) in [6, 6.07) is 0. The average Bonchev–Trinajstić information content (AvgIpc) is 3.10. The second-order valence-electron chi connectivity index (χ2n) is 11.3. The molecule has 10 atom stereocenters. The zero-order valence-electron chi connectivity index (χ0n) is 23.6. The molecule has 4 aliphatic rings. The van der Waals surface area contributed by atoms with Crippen LogP contribution in [0.2, 0.25) is 0 Å². The number of halogens is 1. The Bertz CT molecular complexity index is 1240. The van der Waals surface area contributed by atoms with Gasteiger partial charge in [0.2, 0.25) is 0 Å². The molecule has 41 heavy (non-hydrogen) atoms. The SMILES string of the molecule is C=C1C[C@@H](OC(C)=O)[C@@H]2O[C@@]3([C@@H](C)C(=O)O[C@H]3[C@H]1Cl)[C@@H](OC(=O)COC(C)=O)[C@@H]1[C@]2(C)C=CC(=O)[C@@]1(C)OC(C)=O. The van der Waals surface area contributed by atoms with Crippen molar-refractivity contribution in [3.63, 3.8) is 0 Å². The van der Waals surface area contributed by atoms with Gasteiger partial charge >= 0.3 is 29.8 Å². The molecule has 2 bridgehead atoms. The fraction of sp³-hybridized carbons (Fsp3) is 0.643. The molecule has 0 aromatic carbocycles. The van der Waals surface area contributed by atoms with Gasteiger partial charge in [0, 0.05) is 32.6 Å². The van der Waals surface area contributed by atoms with Crippen LogP contribution in [0.4, 0.5) is 0 Å². The number of hydrogen-bond donors (Lipinski definition) is 0. The minimum absolute atomic E-state index is 0.0161. The molecule has 0 saturated carbocycles. The van der Waals surface area contributed by atoms with Gasteiger partial charge in [-0.3, -0.25) is 24.0 Å². The van der Waals surface area contributed by atoms with Crippen LogP contribution in [0.3, 0.4) is 0 Å². The van der Waals surface area contributed by atoms with Gasteiger partial charge in [0.25, 0.3) is 0 Å². The smallest absolute Gasteiger partial charge is 0.344 e. The molecule has 3 aliphatic heterocycles. The molecule has 0 aromatic heterocycles. The van der Waals surface area contributed by atoms with Crippen molar-refractivity contribution in [2.24, 2.45) is 17.3 Å². The Balaban J connectivity index is 2.03. The zero-order chi connectivity index (χ0) is 30.7. The molecule has 0 N–H and O–H groups in total. The number of hydrogen-bond acceptors (Lipinski definition) is 12. The van der Waals surface area contributed by atoms with Crippen molar-refractivity contribution in [1.29, 1.82) is 0 Å². The van der Waals surface area contributed by atoms with Crippen molar-refractivity contribution in [2.45, 2.75) is 89.0 Å². The predicted molar refractivity (Wildman–Crippen MR) is 138 cm³/mol. The Kier molecular flexibility index (Phi) is 7.89. The molecule has 0 unspecified atom stereocenters. The van der Waals surface area contributed by atoms with Crippen molar-refractivity contribution in [1.82, 2.24) is 0 Å². The lowest BCUT2D eigenvalue weighted by Gasteiger charge is -2.63. The van der Waals surface area contributed by atoms with E-state index < -0.39 is 100 Å². The quantitative estimate of drug-likeness (QED) is 0.196. The van der Waals surface area contributed by atoms with E-state index >= 15 is 0 Å². The first-order chi connectivity index (χ1) is 19.0. The third kappa shape index (κ3) is 4.84. The van der Waals surface area contributed by atoms with E-state index in [1.54, 1.807) is 6.92 Å². The van der Waals surface area contributed by atoms with Gasteiger partial charge in [-0.1, -0.05) is 25.2 Å². The van der Waals surface area contributed by atoms with Crippen molar-refractivity contribution < 1.29 is 57.2 Å². The molecule has 1 spiro atoms. The molecule has 3 heterocycles. The second kappa shape index (κ2) is 10.5. The van der Waals surface area contributed by atoms with Crippen LogP contribution in [0.25, 0.3) is 0 Å². The van der Waals surface area contributed by atoms with Crippen LogP contribution in [0.1, 0.15) is 48.0 Å². The number of ketones is 1. The summed E-state index contributed by atoms with van der Waals surface area (Å²) in [4.78, 5) is 76.0. The Morgan fingerprint density at radius 2 is 1.71 bits per heavy atom. The summed E-state index contributed by atoms with van der Waals surface area (Å²) in [6.45, 7) is 11.3. The maximum atomic E-state index is 13.5. The number of ether oxygens (including phenoxy) is 6. The van der Waals surface area contributed by atoms with E-state index in [-0.39, 0.29) is 6.42 Å². The Morgan fingerprint density at radius 1 is 1.05 bits per heavy atom. The Labute approximate surface area is 241 Å². The monoisotopic (exact) mass is 596 g/mol. The highest BCUT2D eigenvalue weighted by Crippen LogP contribution is 2.62. The van der Waals surface area contributed by atoms with E-state index in [2.05, 4.69) is 6.58 Å². The molecule has 0 amide bonds. The van der Waals surface area contributed by atoms with Gasteiger partial charge < -0.3 is 28.4 Å². The van der Waals surface area contributed by atoms with Crippen LogP contribution in [0.5, 0.6) is 0 Å². The summed E-state index contributed by atoms with van der Waals surface area (Å²) in [5.41, 5.74) is -4.77. The summed E-state index contributed by atoms with van der Waals surface area (Å²) >= 11 is 6.84. The molecule has 4 rings (SSSR count). The van der Waals surface area contributed by atoms with Crippen molar-refractivity contribution >= 4 is 47.2 Å². The van der Waals surface area contributed by atoms with Crippen molar-refractivity contribution in [3.05, 3.63) is 24.3 Å². The van der Waals surface area contributed by atoms with Gasteiger partial charge in [0.05, 0.1) is 17.2 Å². The minimum Gasteiger partial charge on any atom is -0.459 e. The van der Waals surface area contributed by atoms with E-state index in [0.29, 0.717) is 5.57 Å². The van der Waals surface area contributed by atoms with E-state index in [1.165, 1.54) is 32.9 Å². The molecule has 0 aromatic rings. The first-order valence-electron chi connectivity index (χ1n) is 13.1.